The summed E-state index contributed by atoms with van der Waals surface area (Å²) in [4.78, 5) is 27.8. The van der Waals surface area contributed by atoms with E-state index in [2.05, 4.69) is 5.32 Å². The van der Waals surface area contributed by atoms with E-state index in [1.54, 1.807) is 12.1 Å². The predicted octanol–water partition coefficient (Wildman–Crippen LogP) is 3.37. The molecule has 1 unspecified atom stereocenters. The fraction of sp³-hybridized carbons (Fsp3) is 0.429. The molecule has 0 radical (unpaired) electrons. The highest BCUT2D eigenvalue weighted by Crippen LogP contribution is 2.26. The van der Waals surface area contributed by atoms with Crippen LogP contribution in [0.25, 0.3) is 0 Å². The van der Waals surface area contributed by atoms with E-state index in [4.69, 9.17) is 16.3 Å². The third-order valence-electron chi connectivity index (χ3n) is 5.64. The van der Waals surface area contributed by atoms with E-state index in [0.717, 1.165) is 19.4 Å². The van der Waals surface area contributed by atoms with Crippen LogP contribution in [-0.4, -0.2) is 40.5 Å². The topological polar surface area (TPSA) is 63.6 Å². The van der Waals surface area contributed by atoms with Gasteiger partial charge in [-0.1, -0.05) is 17.7 Å². The molecule has 6 nitrogen and oxygen atoms in total. The molecule has 2 aliphatic rings. The number of nitrogens with zero attached hydrogens (tertiary/aromatic N) is 2. The number of carbonyl (C=O) groups is 2. The molecule has 0 saturated carbocycles. The van der Waals surface area contributed by atoms with Crippen molar-refractivity contribution in [3.05, 3.63) is 57.6 Å². The van der Waals surface area contributed by atoms with Crippen LogP contribution in [0.4, 0.5) is 4.39 Å². The lowest BCUT2D eigenvalue weighted by atomic mass is 10.2. The van der Waals surface area contributed by atoms with Gasteiger partial charge in [0.25, 0.3) is 11.8 Å². The summed E-state index contributed by atoms with van der Waals surface area (Å²) in [6.45, 7) is 4.27. The zero-order valence-corrected chi connectivity index (χ0v) is 17.0. The van der Waals surface area contributed by atoms with Gasteiger partial charge in [-0.2, -0.15) is 0 Å². The Kier molecular flexibility index (Phi) is 5.61. The molecular formula is C21H23ClFN3O3. The molecule has 29 heavy (non-hydrogen) atoms. The van der Waals surface area contributed by atoms with Crippen molar-refractivity contribution in [1.29, 1.82) is 0 Å². The summed E-state index contributed by atoms with van der Waals surface area (Å²) in [6, 6.07) is 5.92. The van der Waals surface area contributed by atoms with E-state index < -0.39 is 5.82 Å². The maximum atomic E-state index is 13.2. The Labute approximate surface area is 173 Å². The zero-order valence-electron chi connectivity index (χ0n) is 16.2. The van der Waals surface area contributed by atoms with Crippen molar-refractivity contribution in [3.63, 3.8) is 0 Å². The fourth-order valence-corrected chi connectivity index (χ4v) is 4.25. The van der Waals surface area contributed by atoms with E-state index in [9.17, 15) is 14.0 Å². The van der Waals surface area contributed by atoms with Crippen LogP contribution in [0.2, 0.25) is 5.02 Å². The fourth-order valence-electron chi connectivity index (χ4n) is 4.02. The molecule has 0 bridgehead atoms. The Morgan fingerprint density at radius 2 is 2.14 bits per heavy atom. The first-order chi connectivity index (χ1) is 14.0. The van der Waals surface area contributed by atoms with Crippen molar-refractivity contribution >= 4 is 23.4 Å². The number of fused-ring (bicyclic) bond motifs is 1. The van der Waals surface area contributed by atoms with Crippen molar-refractivity contribution in [2.75, 3.05) is 13.2 Å². The maximum Gasteiger partial charge on any atom is 0.270 e. The Hall–Kier alpha value is -2.38. The van der Waals surface area contributed by atoms with Gasteiger partial charge in [-0.3, -0.25) is 9.59 Å². The molecule has 0 spiro atoms. The second kappa shape index (κ2) is 8.16. The molecule has 154 valence electrons. The molecular weight excluding hydrogens is 397 g/mol. The van der Waals surface area contributed by atoms with Gasteiger partial charge in [0.2, 0.25) is 0 Å². The van der Waals surface area contributed by atoms with Crippen LogP contribution in [0.1, 0.15) is 51.9 Å². The molecule has 2 amide bonds. The quantitative estimate of drug-likeness (QED) is 0.826. The van der Waals surface area contributed by atoms with Gasteiger partial charge in [0, 0.05) is 30.7 Å². The minimum absolute atomic E-state index is 0.0428. The molecule has 3 heterocycles. The van der Waals surface area contributed by atoms with Crippen molar-refractivity contribution in [1.82, 2.24) is 14.8 Å². The molecule has 1 N–H and O–H groups in total. The molecule has 2 aliphatic heterocycles. The second-order valence-electron chi connectivity index (χ2n) is 7.50. The number of carbonyl (C=O) groups excluding carboxylic acids is 2. The van der Waals surface area contributed by atoms with Crippen molar-refractivity contribution in [2.45, 2.75) is 45.5 Å². The highest BCUT2D eigenvalue weighted by atomic mass is 35.5. The number of benzene rings is 1. The number of nitrogens with one attached hydrogen (secondary N) is 1. The summed E-state index contributed by atoms with van der Waals surface area (Å²) in [5.41, 5.74) is 2.28. The lowest BCUT2D eigenvalue weighted by Crippen LogP contribution is -2.35. The SMILES string of the molecule is CC1CCCN1C(=O)c1cc(C(=O)NCc2ccc(F)cc2Cl)c2n1CCOC2. The van der Waals surface area contributed by atoms with Gasteiger partial charge in [-0.15, -0.1) is 0 Å². The molecule has 1 aromatic carbocycles. The van der Waals surface area contributed by atoms with Gasteiger partial charge in [-0.05, 0) is 43.5 Å². The molecule has 8 heteroatoms. The lowest BCUT2D eigenvalue weighted by molar-refractivity contribution is 0.0684. The molecule has 2 aromatic rings. The summed E-state index contributed by atoms with van der Waals surface area (Å²) >= 11 is 6.04. The number of rotatable bonds is 4. The van der Waals surface area contributed by atoms with Gasteiger partial charge in [0.1, 0.15) is 11.5 Å². The van der Waals surface area contributed by atoms with Crippen LogP contribution in [0.15, 0.2) is 24.3 Å². The van der Waals surface area contributed by atoms with Crippen LogP contribution in [-0.2, 0) is 24.4 Å². The third kappa shape index (κ3) is 3.89. The monoisotopic (exact) mass is 419 g/mol. The largest absolute Gasteiger partial charge is 0.373 e. The Morgan fingerprint density at radius 1 is 1.31 bits per heavy atom. The van der Waals surface area contributed by atoms with Crippen LogP contribution >= 0.6 is 11.6 Å². The van der Waals surface area contributed by atoms with E-state index in [1.807, 2.05) is 16.4 Å². The second-order valence-corrected chi connectivity index (χ2v) is 7.91. The van der Waals surface area contributed by atoms with Crippen molar-refractivity contribution in [2.24, 2.45) is 0 Å². The van der Waals surface area contributed by atoms with E-state index in [-0.39, 0.29) is 36.0 Å². The number of ether oxygens (including phenoxy) is 1. The normalized spacial score (nSPS) is 18.6. The number of amides is 2. The maximum absolute atomic E-state index is 13.2. The standard InChI is InChI=1S/C21H23ClFN3O3/c1-13-3-2-6-25(13)21(28)18-10-16(19-12-29-8-7-26(18)19)20(27)24-11-14-4-5-15(23)9-17(14)22/h4-5,9-10,13H,2-3,6-8,11-12H2,1H3,(H,24,27). The van der Waals surface area contributed by atoms with E-state index in [1.165, 1.54) is 12.1 Å². The first-order valence-electron chi connectivity index (χ1n) is 9.79. The summed E-state index contributed by atoms with van der Waals surface area (Å²) in [5, 5.41) is 3.07. The highest BCUT2D eigenvalue weighted by molar-refractivity contribution is 6.31. The number of aromatic nitrogens is 1. The van der Waals surface area contributed by atoms with E-state index >= 15 is 0 Å². The smallest absolute Gasteiger partial charge is 0.270 e. The zero-order chi connectivity index (χ0) is 20.5. The minimum Gasteiger partial charge on any atom is -0.373 e. The van der Waals surface area contributed by atoms with Crippen LogP contribution in [0.5, 0.6) is 0 Å². The molecule has 1 atom stereocenters. The summed E-state index contributed by atoms with van der Waals surface area (Å²) in [6.07, 6.45) is 1.99. The molecule has 1 fully saturated rings. The first kappa shape index (κ1) is 19.9. The van der Waals surface area contributed by atoms with Gasteiger partial charge >= 0.3 is 0 Å². The number of likely N-dealkylation sites (tertiary alicyclic amines) is 1. The van der Waals surface area contributed by atoms with Crippen LogP contribution in [0, 0.1) is 5.82 Å². The van der Waals surface area contributed by atoms with E-state index in [0.29, 0.717) is 35.7 Å². The van der Waals surface area contributed by atoms with Gasteiger partial charge in [0.05, 0.1) is 24.5 Å². The van der Waals surface area contributed by atoms with Gasteiger partial charge in [0.15, 0.2) is 0 Å². The summed E-state index contributed by atoms with van der Waals surface area (Å²) in [5.74, 6) is -0.782. The Balaban J connectivity index is 1.57. The van der Waals surface area contributed by atoms with Crippen LogP contribution < -0.4 is 5.32 Å². The first-order valence-corrected chi connectivity index (χ1v) is 10.2. The highest BCUT2D eigenvalue weighted by Gasteiger charge is 2.32. The number of halogens is 2. The Bertz CT molecular complexity index is 959. The average Bonchev–Trinajstić information content (AvgIpc) is 3.30. The van der Waals surface area contributed by atoms with Gasteiger partial charge in [-0.25, -0.2) is 4.39 Å². The number of hydrogen-bond acceptors (Lipinski definition) is 3. The Morgan fingerprint density at radius 3 is 2.86 bits per heavy atom. The minimum atomic E-state index is -0.428. The third-order valence-corrected chi connectivity index (χ3v) is 5.99. The number of hydrogen-bond donors (Lipinski definition) is 1. The van der Waals surface area contributed by atoms with Crippen LogP contribution in [0.3, 0.4) is 0 Å². The van der Waals surface area contributed by atoms with Crippen molar-refractivity contribution < 1.29 is 18.7 Å². The molecule has 0 aliphatic carbocycles. The van der Waals surface area contributed by atoms with Gasteiger partial charge < -0.3 is 19.5 Å². The predicted molar refractivity (Wildman–Crippen MR) is 106 cm³/mol. The lowest BCUT2D eigenvalue weighted by Gasteiger charge is -2.24. The average molecular weight is 420 g/mol. The molecule has 1 aromatic heterocycles. The molecule has 1 saturated heterocycles. The summed E-state index contributed by atoms with van der Waals surface area (Å²) < 4.78 is 20.6. The van der Waals surface area contributed by atoms with Crippen molar-refractivity contribution in [3.8, 4) is 0 Å². The molecule has 4 rings (SSSR count). The summed E-state index contributed by atoms with van der Waals surface area (Å²) in [7, 11) is 0.